The highest BCUT2D eigenvalue weighted by molar-refractivity contribution is 9.09. The Balaban J connectivity index is 2.43. The van der Waals surface area contributed by atoms with Crippen LogP contribution in [0.15, 0.2) is 24.3 Å². The van der Waals surface area contributed by atoms with Crippen LogP contribution in [0.4, 0.5) is 5.82 Å². The van der Waals surface area contributed by atoms with Crippen LogP contribution in [0, 0.1) is 6.92 Å². The molecule has 2 rings (SSSR count). The fraction of sp³-hybridized carbons (Fsp3) is 0.385. The second-order valence-electron chi connectivity index (χ2n) is 4.28. The minimum absolute atomic E-state index is 0.431. The maximum Gasteiger partial charge on any atom is 0.150 e. The molecule has 3 nitrogen and oxygen atoms in total. The summed E-state index contributed by atoms with van der Waals surface area (Å²) < 4.78 is 0. The molecule has 4 heteroatoms. The van der Waals surface area contributed by atoms with Gasteiger partial charge in [-0.15, -0.1) is 0 Å². The number of hydrogen-bond donors (Lipinski definition) is 0. The number of aryl methyl sites for hydroxylation is 1. The van der Waals surface area contributed by atoms with Gasteiger partial charge >= 0.3 is 0 Å². The van der Waals surface area contributed by atoms with Crippen molar-refractivity contribution in [1.29, 1.82) is 0 Å². The molecule has 1 unspecified atom stereocenters. The van der Waals surface area contributed by atoms with Gasteiger partial charge in [0.2, 0.25) is 0 Å². The second kappa shape index (κ2) is 5.00. The van der Waals surface area contributed by atoms with E-state index in [1.165, 1.54) is 0 Å². The van der Waals surface area contributed by atoms with Crippen molar-refractivity contribution < 1.29 is 0 Å². The van der Waals surface area contributed by atoms with E-state index in [-0.39, 0.29) is 0 Å². The zero-order valence-corrected chi connectivity index (χ0v) is 11.9. The van der Waals surface area contributed by atoms with Gasteiger partial charge in [-0.3, -0.25) is 0 Å². The molecular formula is C13H16BrN3. The summed E-state index contributed by atoms with van der Waals surface area (Å²) in [5.74, 6) is 0.954. The van der Waals surface area contributed by atoms with Crippen LogP contribution < -0.4 is 4.90 Å². The lowest BCUT2D eigenvalue weighted by atomic mass is 10.3. The molecule has 0 saturated heterocycles. The average Bonchev–Trinajstić information content (AvgIpc) is 2.27. The van der Waals surface area contributed by atoms with Gasteiger partial charge in [0.15, 0.2) is 5.82 Å². The zero-order valence-electron chi connectivity index (χ0n) is 10.3. The summed E-state index contributed by atoms with van der Waals surface area (Å²) in [6, 6.07) is 7.96. The van der Waals surface area contributed by atoms with E-state index in [9.17, 15) is 0 Å². The van der Waals surface area contributed by atoms with Crippen LogP contribution >= 0.6 is 15.9 Å². The Bertz CT molecular complexity index is 525. The first-order chi connectivity index (χ1) is 8.08. The minimum atomic E-state index is 0.431. The number of rotatable bonds is 3. The van der Waals surface area contributed by atoms with Crippen molar-refractivity contribution in [2.24, 2.45) is 0 Å². The number of para-hydroxylation sites is 2. The van der Waals surface area contributed by atoms with E-state index in [1.807, 2.05) is 38.2 Å². The van der Waals surface area contributed by atoms with Crippen LogP contribution in [0.3, 0.4) is 0 Å². The van der Waals surface area contributed by atoms with Gasteiger partial charge in [0.1, 0.15) is 0 Å². The molecule has 0 aliphatic carbocycles. The fourth-order valence-electron chi connectivity index (χ4n) is 1.90. The second-order valence-corrected chi connectivity index (χ2v) is 5.85. The third kappa shape index (κ3) is 2.75. The molecule has 0 spiro atoms. The number of halogens is 1. The number of hydrogen-bond acceptors (Lipinski definition) is 3. The lowest BCUT2D eigenvalue weighted by molar-refractivity contribution is 0.853. The van der Waals surface area contributed by atoms with Crippen molar-refractivity contribution in [2.75, 3.05) is 18.5 Å². The standard InChI is InChI=1S/C13H16BrN3/c1-9(14)8-17(3)13-10(2)15-11-6-4-5-7-12(11)16-13/h4-7,9H,8H2,1-3H3. The molecule has 0 radical (unpaired) electrons. The van der Waals surface area contributed by atoms with Gasteiger partial charge in [-0.2, -0.15) is 0 Å². The van der Waals surface area contributed by atoms with Crippen molar-refractivity contribution in [3.05, 3.63) is 30.0 Å². The smallest absolute Gasteiger partial charge is 0.150 e. The Morgan fingerprint density at radius 2 is 1.82 bits per heavy atom. The molecule has 1 aromatic heterocycles. The molecule has 90 valence electrons. The van der Waals surface area contributed by atoms with E-state index >= 15 is 0 Å². The van der Waals surface area contributed by atoms with Crippen LogP contribution in [0.1, 0.15) is 12.6 Å². The molecule has 0 saturated carbocycles. The maximum absolute atomic E-state index is 4.67. The average molecular weight is 294 g/mol. The number of aromatic nitrogens is 2. The number of alkyl halides is 1. The largest absolute Gasteiger partial charge is 0.357 e. The molecular weight excluding hydrogens is 278 g/mol. The van der Waals surface area contributed by atoms with Gasteiger partial charge in [0.25, 0.3) is 0 Å². The Kier molecular flexibility index (Phi) is 3.62. The topological polar surface area (TPSA) is 29.0 Å². The van der Waals surface area contributed by atoms with Crippen molar-refractivity contribution in [1.82, 2.24) is 9.97 Å². The molecule has 1 aromatic carbocycles. The van der Waals surface area contributed by atoms with Crippen LogP contribution in [-0.4, -0.2) is 28.4 Å². The Labute approximate surface area is 110 Å². The Hall–Kier alpha value is -1.16. The van der Waals surface area contributed by atoms with Crippen LogP contribution in [0.2, 0.25) is 0 Å². The molecule has 17 heavy (non-hydrogen) atoms. The molecule has 0 fully saturated rings. The van der Waals surface area contributed by atoms with Crippen LogP contribution in [0.5, 0.6) is 0 Å². The van der Waals surface area contributed by atoms with E-state index in [0.29, 0.717) is 4.83 Å². The maximum atomic E-state index is 4.67. The minimum Gasteiger partial charge on any atom is -0.357 e. The quantitative estimate of drug-likeness (QED) is 0.814. The Morgan fingerprint density at radius 1 is 1.24 bits per heavy atom. The van der Waals surface area contributed by atoms with Crippen molar-refractivity contribution in [3.8, 4) is 0 Å². The molecule has 1 heterocycles. The molecule has 0 bridgehead atoms. The molecule has 0 aliphatic rings. The first kappa shape index (κ1) is 12.3. The summed E-state index contributed by atoms with van der Waals surface area (Å²) in [7, 11) is 2.05. The van der Waals surface area contributed by atoms with Gasteiger partial charge in [-0.05, 0) is 19.1 Å². The van der Waals surface area contributed by atoms with Gasteiger partial charge < -0.3 is 4.90 Å². The molecule has 1 atom stereocenters. The van der Waals surface area contributed by atoms with E-state index < -0.39 is 0 Å². The predicted molar refractivity (Wildman–Crippen MR) is 75.9 cm³/mol. The molecule has 2 aromatic rings. The highest BCUT2D eigenvalue weighted by Gasteiger charge is 2.11. The lowest BCUT2D eigenvalue weighted by Gasteiger charge is -2.21. The normalized spacial score (nSPS) is 12.7. The summed E-state index contributed by atoms with van der Waals surface area (Å²) in [5.41, 5.74) is 2.87. The summed E-state index contributed by atoms with van der Waals surface area (Å²) in [6.07, 6.45) is 0. The van der Waals surface area contributed by atoms with E-state index in [2.05, 4.69) is 37.7 Å². The molecule has 0 N–H and O–H groups in total. The summed E-state index contributed by atoms with van der Waals surface area (Å²) in [5, 5.41) is 0. The van der Waals surface area contributed by atoms with Gasteiger partial charge in [0.05, 0.1) is 16.7 Å². The van der Waals surface area contributed by atoms with Gasteiger partial charge in [-0.25, -0.2) is 9.97 Å². The first-order valence-electron chi connectivity index (χ1n) is 5.66. The zero-order chi connectivity index (χ0) is 12.4. The first-order valence-corrected chi connectivity index (χ1v) is 6.58. The van der Waals surface area contributed by atoms with Gasteiger partial charge in [-0.1, -0.05) is 35.0 Å². The summed E-state index contributed by atoms with van der Waals surface area (Å²) in [6.45, 7) is 5.04. The van der Waals surface area contributed by atoms with E-state index in [0.717, 1.165) is 29.1 Å². The number of nitrogens with zero attached hydrogens (tertiary/aromatic N) is 3. The highest BCUT2D eigenvalue weighted by atomic mass is 79.9. The molecule has 0 aliphatic heterocycles. The summed E-state index contributed by atoms with van der Waals surface area (Å²) >= 11 is 3.56. The third-order valence-electron chi connectivity index (χ3n) is 2.61. The lowest BCUT2D eigenvalue weighted by Crippen LogP contribution is -2.25. The number of fused-ring (bicyclic) bond motifs is 1. The highest BCUT2D eigenvalue weighted by Crippen LogP contribution is 2.19. The SMILES string of the molecule is Cc1nc2ccccc2nc1N(C)CC(C)Br. The van der Waals surface area contributed by atoms with Crippen molar-refractivity contribution >= 4 is 32.8 Å². The van der Waals surface area contributed by atoms with Gasteiger partial charge in [0, 0.05) is 18.4 Å². The van der Waals surface area contributed by atoms with Crippen molar-refractivity contribution in [2.45, 2.75) is 18.7 Å². The predicted octanol–water partition coefficient (Wildman–Crippen LogP) is 3.16. The third-order valence-corrected chi connectivity index (χ3v) is 2.90. The van der Waals surface area contributed by atoms with Crippen LogP contribution in [0.25, 0.3) is 11.0 Å². The monoisotopic (exact) mass is 293 g/mol. The van der Waals surface area contributed by atoms with Crippen LogP contribution in [-0.2, 0) is 0 Å². The van der Waals surface area contributed by atoms with E-state index in [4.69, 9.17) is 0 Å². The van der Waals surface area contributed by atoms with E-state index in [1.54, 1.807) is 0 Å². The Morgan fingerprint density at radius 3 is 2.41 bits per heavy atom. The summed E-state index contributed by atoms with van der Waals surface area (Å²) in [4.78, 5) is 11.8. The molecule has 0 amide bonds. The fourth-order valence-corrected chi connectivity index (χ4v) is 2.34. The number of anilines is 1. The number of benzene rings is 1. The van der Waals surface area contributed by atoms with Crippen molar-refractivity contribution in [3.63, 3.8) is 0 Å².